The van der Waals surface area contributed by atoms with Crippen molar-refractivity contribution in [2.75, 3.05) is 0 Å². The van der Waals surface area contributed by atoms with Gasteiger partial charge in [-0.1, -0.05) is 92.2 Å². The molecule has 1 saturated carbocycles. The van der Waals surface area contributed by atoms with E-state index in [0.29, 0.717) is 0 Å². The Balaban J connectivity index is -0.000000179. The van der Waals surface area contributed by atoms with E-state index in [2.05, 4.69) is 32.9 Å². The van der Waals surface area contributed by atoms with Crippen molar-refractivity contribution in [2.24, 2.45) is 5.92 Å². The first-order valence-electron chi connectivity index (χ1n) is 7.92. The van der Waals surface area contributed by atoms with Gasteiger partial charge in [0.2, 0.25) is 0 Å². The van der Waals surface area contributed by atoms with E-state index in [1.807, 2.05) is 27.7 Å². The zero-order valence-corrected chi connectivity index (χ0v) is 13.7. The van der Waals surface area contributed by atoms with Gasteiger partial charge < -0.3 is 0 Å². The minimum Gasteiger partial charge on any atom is -0.0917 e. The third-order valence-corrected chi connectivity index (χ3v) is 2.60. The molecule has 0 atom stereocenters. The van der Waals surface area contributed by atoms with Gasteiger partial charge >= 0.3 is 0 Å². The van der Waals surface area contributed by atoms with Crippen LogP contribution in [0.5, 0.6) is 0 Å². The molecule has 0 unspecified atom stereocenters. The molecule has 0 aromatic heterocycles. The fraction of sp³-hybridized carbons (Fsp3) is 0.882. The van der Waals surface area contributed by atoms with Gasteiger partial charge in [0.05, 0.1) is 0 Å². The molecule has 1 aliphatic carbocycles. The highest BCUT2D eigenvalue weighted by Gasteiger charge is 2.07. The molecule has 0 aliphatic heterocycles. The van der Waals surface area contributed by atoms with Gasteiger partial charge in [0.25, 0.3) is 0 Å². The lowest BCUT2D eigenvalue weighted by atomic mass is 10.2. The first-order valence-corrected chi connectivity index (χ1v) is 7.92. The van der Waals surface area contributed by atoms with Gasteiger partial charge in [-0.2, -0.15) is 0 Å². The summed E-state index contributed by atoms with van der Waals surface area (Å²) in [7, 11) is 0. The minimum absolute atomic E-state index is 1.05. The number of allylic oxidation sites excluding steroid dienone is 2. The van der Waals surface area contributed by atoms with Crippen LogP contribution in [0.3, 0.4) is 0 Å². The molecular weight excluding hydrogens is 204 g/mol. The lowest BCUT2D eigenvalue weighted by Crippen LogP contribution is -1.78. The van der Waals surface area contributed by atoms with Crippen molar-refractivity contribution < 1.29 is 0 Å². The highest BCUT2D eigenvalue weighted by atomic mass is 14.1. The van der Waals surface area contributed by atoms with Crippen LogP contribution in [0.15, 0.2) is 12.2 Å². The molecule has 0 heterocycles. The van der Waals surface area contributed by atoms with Crippen LogP contribution in [0, 0.1) is 5.92 Å². The van der Waals surface area contributed by atoms with Crippen molar-refractivity contribution in [3.63, 3.8) is 0 Å². The van der Waals surface area contributed by atoms with Crippen LogP contribution in [0.2, 0.25) is 0 Å². The quantitative estimate of drug-likeness (QED) is 0.369. The monoisotopic (exact) mass is 242 g/mol. The second-order valence-corrected chi connectivity index (χ2v) is 4.10. The van der Waals surface area contributed by atoms with Gasteiger partial charge in [-0.25, -0.2) is 0 Å². The van der Waals surface area contributed by atoms with Gasteiger partial charge in [-0.3, -0.25) is 0 Å². The van der Waals surface area contributed by atoms with Gasteiger partial charge in [0, 0.05) is 0 Å². The zero-order valence-electron chi connectivity index (χ0n) is 13.7. The summed E-state index contributed by atoms with van der Waals surface area (Å²) in [4.78, 5) is 0. The second kappa shape index (κ2) is 24.8. The Bertz CT molecular complexity index is 107. The SMILES string of the molecule is C/C=C\CCCC.CC.CC.CC1CCCC1. The van der Waals surface area contributed by atoms with E-state index in [0.717, 1.165) is 5.92 Å². The molecule has 0 heteroatoms. The Hall–Kier alpha value is -0.260. The predicted molar refractivity (Wildman–Crippen MR) is 84.7 cm³/mol. The van der Waals surface area contributed by atoms with Gasteiger partial charge in [0.15, 0.2) is 0 Å². The molecule has 0 saturated heterocycles. The van der Waals surface area contributed by atoms with E-state index in [-0.39, 0.29) is 0 Å². The third kappa shape index (κ3) is 25.8. The summed E-state index contributed by atoms with van der Waals surface area (Å²) >= 11 is 0. The predicted octanol–water partition coefficient (Wildman–Crippen LogP) is 7.00. The first kappa shape index (κ1) is 22.0. The van der Waals surface area contributed by atoms with Gasteiger partial charge in [0.1, 0.15) is 0 Å². The van der Waals surface area contributed by atoms with Crippen molar-refractivity contribution in [1.82, 2.24) is 0 Å². The Kier molecular flexibility index (Phi) is 32.1. The van der Waals surface area contributed by atoms with Crippen molar-refractivity contribution in [2.45, 2.75) is 93.4 Å². The summed E-state index contributed by atoms with van der Waals surface area (Å²) in [6, 6.07) is 0. The minimum atomic E-state index is 1.05. The standard InChI is InChI=1S/C7H14.C6H12.2C2H6/c1-3-5-7-6-4-2;1-6-4-2-3-5-6;2*1-2/h3,5H,4,6-7H2,1-2H3;6H,2-5H2,1H3;2*1-2H3/b5-3-;;;. The van der Waals surface area contributed by atoms with Crippen LogP contribution < -0.4 is 0 Å². The van der Waals surface area contributed by atoms with Gasteiger partial charge in [-0.15, -0.1) is 0 Å². The molecule has 1 rings (SSSR count). The maximum absolute atomic E-state index is 2.34. The highest BCUT2D eigenvalue weighted by molar-refractivity contribution is 4.75. The van der Waals surface area contributed by atoms with Crippen LogP contribution in [0.1, 0.15) is 93.4 Å². The molecule has 17 heavy (non-hydrogen) atoms. The number of hydrogen-bond donors (Lipinski definition) is 0. The molecule has 106 valence electrons. The van der Waals surface area contributed by atoms with Crippen LogP contribution in [0.4, 0.5) is 0 Å². The normalized spacial score (nSPS) is 14.1. The van der Waals surface area contributed by atoms with Crippen molar-refractivity contribution >= 4 is 0 Å². The Morgan fingerprint density at radius 2 is 1.47 bits per heavy atom. The maximum Gasteiger partial charge on any atom is -0.0351 e. The summed E-state index contributed by atoms with van der Waals surface area (Å²) in [5, 5.41) is 0. The molecule has 0 N–H and O–H groups in total. The van der Waals surface area contributed by atoms with Crippen LogP contribution in [0.25, 0.3) is 0 Å². The van der Waals surface area contributed by atoms with Crippen LogP contribution >= 0.6 is 0 Å². The van der Waals surface area contributed by atoms with E-state index in [1.165, 1.54) is 44.9 Å². The van der Waals surface area contributed by atoms with E-state index in [9.17, 15) is 0 Å². The summed E-state index contributed by atoms with van der Waals surface area (Å²) in [5.41, 5.74) is 0. The van der Waals surface area contributed by atoms with Crippen molar-refractivity contribution in [1.29, 1.82) is 0 Å². The second-order valence-electron chi connectivity index (χ2n) is 4.10. The van der Waals surface area contributed by atoms with Crippen LogP contribution in [-0.2, 0) is 0 Å². The van der Waals surface area contributed by atoms with E-state index >= 15 is 0 Å². The fourth-order valence-corrected chi connectivity index (χ4v) is 1.62. The molecule has 0 bridgehead atoms. The van der Waals surface area contributed by atoms with E-state index in [4.69, 9.17) is 0 Å². The summed E-state index contributed by atoms with van der Waals surface area (Å²) in [6.45, 7) is 14.6. The molecule has 0 amide bonds. The summed E-state index contributed by atoms with van der Waals surface area (Å²) in [5.74, 6) is 1.05. The Morgan fingerprint density at radius 3 is 1.71 bits per heavy atom. The Morgan fingerprint density at radius 1 is 1.00 bits per heavy atom. The number of unbranched alkanes of at least 4 members (excludes halogenated alkanes) is 2. The average Bonchev–Trinajstić information content (AvgIpc) is 2.87. The summed E-state index contributed by atoms with van der Waals surface area (Å²) < 4.78 is 0. The lowest BCUT2D eigenvalue weighted by molar-refractivity contribution is 0.612. The molecule has 0 aromatic rings. The molecule has 0 radical (unpaired) electrons. The van der Waals surface area contributed by atoms with E-state index < -0.39 is 0 Å². The maximum atomic E-state index is 2.34. The molecule has 0 nitrogen and oxygen atoms in total. The molecule has 0 spiro atoms. The molecule has 0 aromatic carbocycles. The third-order valence-electron chi connectivity index (χ3n) is 2.60. The zero-order chi connectivity index (χ0) is 13.9. The lowest BCUT2D eigenvalue weighted by Gasteiger charge is -1.91. The smallest absolute Gasteiger partial charge is 0.0351 e. The number of hydrogen-bond acceptors (Lipinski definition) is 0. The first-order chi connectivity index (χ1) is 8.31. The largest absolute Gasteiger partial charge is 0.0917 e. The van der Waals surface area contributed by atoms with E-state index in [1.54, 1.807) is 0 Å². The van der Waals surface area contributed by atoms with Crippen molar-refractivity contribution in [3.8, 4) is 0 Å². The Labute approximate surface area is 112 Å². The van der Waals surface area contributed by atoms with Crippen LogP contribution in [-0.4, -0.2) is 0 Å². The summed E-state index contributed by atoms with van der Waals surface area (Å²) in [6.07, 6.45) is 14.2. The average molecular weight is 242 g/mol. The molecule has 1 aliphatic rings. The van der Waals surface area contributed by atoms with Crippen molar-refractivity contribution in [3.05, 3.63) is 12.2 Å². The molecular formula is C17H38. The topological polar surface area (TPSA) is 0 Å². The van der Waals surface area contributed by atoms with Gasteiger partial charge in [-0.05, 0) is 19.3 Å². The highest BCUT2D eigenvalue weighted by Crippen LogP contribution is 2.22. The number of rotatable bonds is 3. The fourth-order valence-electron chi connectivity index (χ4n) is 1.62. The molecule has 1 fully saturated rings.